The van der Waals surface area contributed by atoms with Gasteiger partial charge in [-0.3, -0.25) is 4.79 Å². The topological polar surface area (TPSA) is 96.1 Å². The number of carbonyl (C=O) groups excluding carboxylic acids is 2. The van der Waals surface area contributed by atoms with Crippen molar-refractivity contribution in [1.29, 1.82) is 0 Å². The number of hydrogen-bond acceptors (Lipinski definition) is 5. The fourth-order valence-corrected chi connectivity index (χ4v) is 4.98. The maximum absolute atomic E-state index is 13.9. The van der Waals surface area contributed by atoms with Gasteiger partial charge < -0.3 is 34.3 Å². The first-order chi connectivity index (χ1) is 20.0. The monoisotopic (exact) mass is 556 g/mol. The van der Waals surface area contributed by atoms with Crippen molar-refractivity contribution in [2.24, 2.45) is 0 Å². The van der Waals surface area contributed by atoms with E-state index >= 15 is 0 Å². The Morgan fingerprint density at radius 2 is 1.73 bits per heavy atom. The summed E-state index contributed by atoms with van der Waals surface area (Å²) in [4.78, 5) is 34.0. The van der Waals surface area contributed by atoms with Gasteiger partial charge in [0.25, 0.3) is 0 Å². The highest BCUT2D eigenvalue weighted by molar-refractivity contribution is 5.93. The number of hydrogen-bond donors (Lipinski definition) is 2. The van der Waals surface area contributed by atoms with E-state index in [-0.39, 0.29) is 24.5 Å². The number of rotatable bonds is 12. The van der Waals surface area contributed by atoms with Gasteiger partial charge in [-0.15, -0.1) is 0 Å². The maximum Gasteiger partial charge on any atom is 0.322 e. The summed E-state index contributed by atoms with van der Waals surface area (Å²) in [5, 5.41) is 4.08. The molecule has 4 aromatic rings. The summed E-state index contributed by atoms with van der Waals surface area (Å²) >= 11 is 0. The van der Waals surface area contributed by atoms with Gasteiger partial charge in [0.1, 0.15) is 12.3 Å². The van der Waals surface area contributed by atoms with Gasteiger partial charge in [-0.2, -0.15) is 0 Å². The predicted molar refractivity (Wildman–Crippen MR) is 159 cm³/mol. The van der Waals surface area contributed by atoms with E-state index in [4.69, 9.17) is 14.2 Å². The Morgan fingerprint density at radius 1 is 0.927 bits per heavy atom. The number of para-hydroxylation sites is 1. The lowest BCUT2D eigenvalue weighted by atomic mass is 10.1. The number of fused-ring (bicyclic) bond motifs is 1. The van der Waals surface area contributed by atoms with Crippen molar-refractivity contribution in [2.45, 2.75) is 31.8 Å². The minimum Gasteiger partial charge on any atom is -0.497 e. The molecule has 9 nitrogen and oxygen atoms in total. The third-order valence-corrected chi connectivity index (χ3v) is 7.38. The zero-order valence-electron chi connectivity index (χ0n) is 23.7. The van der Waals surface area contributed by atoms with Crippen LogP contribution in [0.2, 0.25) is 0 Å². The van der Waals surface area contributed by atoms with Crippen LogP contribution in [-0.2, 0) is 17.8 Å². The number of amides is 3. The smallest absolute Gasteiger partial charge is 0.322 e. The number of aromatic amines is 1. The zero-order chi connectivity index (χ0) is 28.8. The fourth-order valence-electron chi connectivity index (χ4n) is 4.98. The summed E-state index contributed by atoms with van der Waals surface area (Å²) in [6.07, 6.45) is 4.43. The molecule has 0 radical (unpaired) electrons. The minimum atomic E-state index is -0.295. The highest BCUT2D eigenvalue weighted by Crippen LogP contribution is 2.30. The quantitative estimate of drug-likeness (QED) is 0.242. The molecule has 1 aromatic heterocycles. The molecular weight excluding hydrogens is 520 g/mol. The maximum atomic E-state index is 13.9. The molecule has 3 amide bonds. The Morgan fingerprint density at radius 3 is 2.49 bits per heavy atom. The summed E-state index contributed by atoms with van der Waals surface area (Å²) in [5.74, 6) is 1.76. The Balaban J connectivity index is 1.35. The van der Waals surface area contributed by atoms with Gasteiger partial charge in [-0.1, -0.05) is 30.3 Å². The molecule has 1 aliphatic carbocycles. The molecule has 3 aromatic carbocycles. The number of anilines is 1. The van der Waals surface area contributed by atoms with Gasteiger partial charge in [0.05, 0.1) is 21.3 Å². The van der Waals surface area contributed by atoms with Gasteiger partial charge in [0.2, 0.25) is 5.91 Å². The average molecular weight is 557 g/mol. The molecule has 1 saturated carbocycles. The fraction of sp³-hybridized carbons (Fsp3) is 0.312. The molecule has 1 aliphatic rings. The number of benzene rings is 3. The molecule has 0 spiro atoms. The van der Waals surface area contributed by atoms with Crippen molar-refractivity contribution in [3.63, 3.8) is 0 Å². The number of methoxy groups -OCH3 is 3. The first-order valence-corrected chi connectivity index (χ1v) is 13.7. The van der Waals surface area contributed by atoms with Crippen LogP contribution in [0.3, 0.4) is 0 Å². The summed E-state index contributed by atoms with van der Waals surface area (Å²) in [6.45, 7) is 0.851. The lowest BCUT2D eigenvalue weighted by Gasteiger charge is -2.28. The van der Waals surface area contributed by atoms with E-state index in [0.717, 1.165) is 34.9 Å². The molecule has 0 aliphatic heterocycles. The molecule has 0 atom stereocenters. The van der Waals surface area contributed by atoms with Gasteiger partial charge in [-0.05, 0) is 60.7 Å². The molecule has 214 valence electrons. The molecule has 1 fully saturated rings. The number of nitrogens with one attached hydrogen (secondary N) is 2. The number of nitrogens with zero attached hydrogens (tertiary/aromatic N) is 2. The molecule has 0 bridgehead atoms. The number of urea groups is 1. The van der Waals surface area contributed by atoms with Crippen LogP contribution in [0.1, 0.15) is 24.0 Å². The molecule has 41 heavy (non-hydrogen) atoms. The summed E-state index contributed by atoms with van der Waals surface area (Å²) in [6, 6.07) is 20.7. The average Bonchev–Trinajstić information content (AvgIpc) is 3.76. The molecule has 1 heterocycles. The van der Waals surface area contributed by atoms with E-state index in [1.165, 1.54) is 0 Å². The van der Waals surface area contributed by atoms with Crippen molar-refractivity contribution in [3.8, 4) is 17.2 Å². The normalized spacial score (nSPS) is 12.6. The standard InChI is InChI=1S/C32H36N4O5/c1-39-26-8-6-7-24(18-26)34-32(38)36(25-12-13-25)21-31(37)35(20-22-11-14-29(40-2)30(17-22)41-3)16-15-23-19-33-28-10-5-4-9-27(23)28/h4-11,14,17-19,25,33H,12-13,15-16,20-21H2,1-3H3,(H,34,38). The molecule has 9 heteroatoms. The molecular formula is C32H36N4O5. The Bertz CT molecular complexity index is 1510. The van der Waals surface area contributed by atoms with Gasteiger partial charge in [0.15, 0.2) is 11.5 Å². The first kappa shape index (κ1) is 27.9. The van der Waals surface area contributed by atoms with Crippen LogP contribution in [0.15, 0.2) is 72.9 Å². The summed E-state index contributed by atoms with van der Waals surface area (Å²) in [5.41, 5.74) is 3.73. The SMILES string of the molecule is COc1cccc(NC(=O)N(CC(=O)N(CCc2c[nH]c3ccccc23)Cc2ccc(OC)c(OC)c2)C2CC2)c1. The predicted octanol–water partition coefficient (Wildman–Crippen LogP) is 5.46. The van der Waals surface area contributed by atoms with E-state index in [2.05, 4.69) is 16.4 Å². The van der Waals surface area contributed by atoms with Crippen LogP contribution in [-0.4, -0.2) is 67.2 Å². The second kappa shape index (κ2) is 12.7. The highest BCUT2D eigenvalue weighted by atomic mass is 16.5. The molecule has 0 unspecified atom stereocenters. The van der Waals surface area contributed by atoms with Crippen LogP contribution in [0.25, 0.3) is 10.9 Å². The minimum absolute atomic E-state index is 0.0123. The summed E-state index contributed by atoms with van der Waals surface area (Å²) < 4.78 is 16.2. The van der Waals surface area contributed by atoms with Crippen molar-refractivity contribution >= 4 is 28.5 Å². The largest absolute Gasteiger partial charge is 0.497 e. The number of H-pyrrole nitrogens is 1. The molecule has 2 N–H and O–H groups in total. The van der Waals surface area contributed by atoms with E-state index in [0.29, 0.717) is 42.4 Å². The Hall–Kier alpha value is -4.66. The van der Waals surface area contributed by atoms with E-state index in [1.54, 1.807) is 38.4 Å². The van der Waals surface area contributed by atoms with Crippen molar-refractivity contribution in [2.75, 3.05) is 39.7 Å². The lowest BCUT2D eigenvalue weighted by molar-refractivity contribution is -0.132. The van der Waals surface area contributed by atoms with Crippen LogP contribution in [0, 0.1) is 0 Å². The zero-order valence-corrected chi connectivity index (χ0v) is 23.7. The Labute approximate surface area is 240 Å². The van der Waals surface area contributed by atoms with Crippen molar-refractivity contribution in [1.82, 2.24) is 14.8 Å². The molecule has 5 rings (SSSR count). The highest BCUT2D eigenvalue weighted by Gasteiger charge is 2.35. The van der Waals surface area contributed by atoms with Crippen molar-refractivity contribution in [3.05, 3.63) is 84.1 Å². The van der Waals surface area contributed by atoms with E-state index < -0.39 is 0 Å². The first-order valence-electron chi connectivity index (χ1n) is 13.7. The van der Waals surface area contributed by atoms with Crippen molar-refractivity contribution < 1.29 is 23.8 Å². The van der Waals surface area contributed by atoms with Crippen LogP contribution < -0.4 is 19.5 Å². The van der Waals surface area contributed by atoms with Crippen LogP contribution >= 0.6 is 0 Å². The number of aromatic nitrogens is 1. The second-order valence-electron chi connectivity index (χ2n) is 10.1. The van der Waals surface area contributed by atoms with E-state index in [9.17, 15) is 9.59 Å². The third-order valence-electron chi connectivity index (χ3n) is 7.38. The third kappa shape index (κ3) is 6.74. The molecule has 0 saturated heterocycles. The van der Waals surface area contributed by atoms with Crippen LogP contribution in [0.5, 0.6) is 17.2 Å². The number of carbonyl (C=O) groups is 2. The van der Waals surface area contributed by atoms with Gasteiger partial charge in [0, 0.05) is 48.0 Å². The lowest BCUT2D eigenvalue weighted by Crippen LogP contribution is -2.45. The van der Waals surface area contributed by atoms with E-state index in [1.807, 2.05) is 59.6 Å². The Kier molecular flexibility index (Phi) is 8.62. The van der Waals surface area contributed by atoms with Gasteiger partial charge in [-0.25, -0.2) is 4.79 Å². The second-order valence-corrected chi connectivity index (χ2v) is 10.1. The summed E-state index contributed by atoms with van der Waals surface area (Å²) in [7, 11) is 4.77. The number of ether oxygens (including phenoxy) is 3. The van der Waals surface area contributed by atoms with Gasteiger partial charge >= 0.3 is 6.03 Å². The van der Waals surface area contributed by atoms with Crippen LogP contribution in [0.4, 0.5) is 10.5 Å².